The van der Waals surface area contributed by atoms with Crippen molar-refractivity contribution in [3.8, 4) is 0 Å². The number of aliphatic hydroxyl groups is 4. The highest BCUT2D eigenvalue weighted by molar-refractivity contribution is 6.31. The zero-order valence-corrected chi connectivity index (χ0v) is 33.1. The minimum Gasteiger partial charge on any atom is -0.394 e. The van der Waals surface area contributed by atoms with Crippen molar-refractivity contribution >= 4 is 51.8 Å². The lowest BCUT2D eigenvalue weighted by Gasteiger charge is -2.27. The van der Waals surface area contributed by atoms with Crippen molar-refractivity contribution in [2.24, 2.45) is 5.73 Å². The SMILES string of the molecule is CCCCCCN(CCCN[C@@H](CCc1ccc2cc(CCCCNC(=N)NC(=O)c3nc(Cl)c(N)nc3N)ccc2c1)C(N)=O)C[C@H](O)C[C@H](O)[C@H](O)CO. The number of aryl methyl sites for hydroxylation is 2. The quantitative estimate of drug-likeness (QED) is 0.0315. The Hall–Kier alpha value is -4.16. The number of primary amides is 1. The normalized spacial score (nSPS) is 13.7. The molecule has 1 aromatic heterocycles. The number of amides is 2. The van der Waals surface area contributed by atoms with Crippen molar-refractivity contribution in [3.05, 3.63) is 58.4 Å². The van der Waals surface area contributed by atoms with Crippen molar-refractivity contribution in [2.75, 3.05) is 50.8 Å². The highest BCUT2D eigenvalue weighted by atomic mass is 35.5. The molecule has 16 nitrogen and oxygen atoms in total. The maximum Gasteiger partial charge on any atom is 0.280 e. The molecule has 0 bridgehead atoms. The first kappa shape index (κ1) is 46.2. The van der Waals surface area contributed by atoms with Crippen LogP contribution in [0.25, 0.3) is 10.8 Å². The Morgan fingerprint density at radius 3 is 2.21 bits per heavy atom. The average molecular weight is 801 g/mol. The van der Waals surface area contributed by atoms with Gasteiger partial charge in [0.1, 0.15) is 6.10 Å². The Morgan fingerprint density at radius 1 is 0.875 bits per heavy atom. The number of carbonyl (C=O) groups is 2. The van der Waals surface area contributed by atoms with E-state index >= 15 is 0 Å². The fraction of sp³-hybridized carbons (Fsp3) is 0.564. The average Bonchev–Trinajstić information content (AvgIpc) is 3.16. The van der Waals surface area contributed by atoms with Crippen LogP contribution in [0.15, 0.2) is 36.4 Å². The van der Waals surface area contributed by atoms with Gasteiger partial charge in [-0.3, -0.25) is 20.3 Å². The lowest BCUT2D eigenvalue weighted by atomic mass is 9.98. The Morgan fingerprint density at radius 2 is 1.55 bits per heavy atom. The van der Waals surface area contributed by atoms with Gasteiger partial charge in [-0.15, -0.1) is 0 Å². The summed E-state index contributed by atoms with van der Waals surface area (Å²) in [6.45, 7) is 4.45. The van der Waals surface area contributed by atoms with Crippen LogP contribution < -0.4 is 33.2 Å². The van der Waals surface area contributed by atoms with Gasteiger partial charge in [0.05, 0.1) is 24.9 Å². The lowest BCUT2D eigenvalue weighted by Crippen LogP contribution is -2.43. The van der Waals surface area contributed by atoms with Crippen LogP contribution in [0, 0.1) is 5.41 Å². The van der Waals surface area contributed by atoms with Crippen LogP contribution in [0.4, 0.5) is 11.6 Å². The molecule has 0 aliphatic rings. The number of nitrogens with zero attached hydrogens (tertiary/aromatic N) is 3. The van der Waals surface area contributed by atoms with Gasteiger partial charge in [-0.1, -0.05) is 74.2 Å². The summed E-state index contributed by atoms with van der Waals surface area (Å²) in [4.78, 5) is 34.5. The highest BCUT2D eigenvalue weighted by Gasteiger charge is 2.22. The summed E-state index contributed by atoms with van der Waals surface area (Å²) in [7, 11) is 0. The fourth-order valence-electron chi connectivity index (χ4n) is 6.37. The van der Waals surface area contributed by atoms with Gasteiger partial charge in [0.25, 0.3) is 5.91 Å². The van der Waals surface area contributed by atoms with Crippen LogP contribution in [-0.2, 0) is 17.6 Å². The molecule has 0 fully saturated rings. The standard InChI is InChI=1S/C39H61ClN10O6/c1-2-3-4-7-18-50(23-29(52)22-31(53)32(54)24-51)19-8-17-45-30(37(43)55)15-12-26-11-14-27-20-25(10-13-28(27)21-26)9-5-6-16-46-39(44)49-38(56)33-35(41)48-36(42)34(40)47-33/h10-11,13-14,20-21,29-32,45,51-54H,2-9,12,15-19,22-24H2,1H3,(H2,43,55)(H4,41,42,48)(H3,44,46,49,56)/t29-,30+,31+,32-/m1/s1. The predicted molar refractivity (Wildman–Crippen MR) is 220 cm³/mol. The smallest absolute Gasteiger partial charge is 0.280 e. The second-order valence-electron chi connectivity index (χ2n) is 14.2. The summed E-state index contributed by atoms with van der Waals surface area (Å²) in [6, 6.07) is 12.2. The number of nitrogen functional groups attached to an aromatic ring is 2. The molecule has 0 aliphatic carbocycles. The molecule has 310 valence electrons. The third kappa shape index (κ3) is 16.1. The van der Waals surface area contributed by atoms with E-state index in [1.807, 2.05) is 0 Å². The van der Waals surface area contributed by atoms with E-state index in [4.69, 9.17) is 39.3 Å². The molecule has 0 saturated heterocycles. The van der Waals surface area contributed by atoms with Crippen LogP contribution >= 0.6 is 11.6 Å². The largest absolute Gasteiger partial charge is 0.394 e. The number of aliphatic hydroxyl groups excluding tert-OH is 4. The number of halogens is 1. The zero-order chi connectivity index (χ0) is 41.0. The summed E-state index contributed by atoms with van der Waals surface area (Å²) < 4.78 is 0. The number of nitrogens with two attached hydrogens (primary N) is 3. The Bertz CT molecular complexity index is 1700. The molecule has 3 rings (SSSR count). The topological polar surface area (TPSA) is 282 Å². The molecule has 14 N–H and O–H groups in total. The molecule has 17 heteroatoms. The molecule has 2 amide bonds. The first-order valence-electron chi connectivity index (χ1n) is 19.4. The van der Waals surface area contributed by atoms with Crippen molar-refractivity contribution in [3.63, 3.8) is 0 Å². The number of nitrogens with one attached hydrogen (secondary N) is 4. The molecule has 0 radical (unpaired) electrons. The van der Waals surface area contributed by atoms with Gasteiger partial charge in [0.2, 0.25) is 5.91 Å². The number of anilines is 2. The van der Waals surface area contributed by atoms with E-state index in [0.29, 0.717) is 39.0 Å². The number of carbonyl (C=O) groups excluding carboxylic acids is 2. The number of rotatable bonds is 26. The molecule has 4 atom stereocenters. The number of unbranched alkanes of at least 4 members (excludes halogenated alkanes) is 4. The number of hydrogen-bond donors (Lipinski definition) is 11. The van der Waals surface area contributed by atoms with Crippen LogP contribution in [0.3, 0.4) is 0 Å². The Labute approximate surface area is 334 Å². The Kier molecular flexibility index (Phi) is 20.2. The number of benzene rings is 2. The number of guanidine groups is 1. The van der Waals surface area contributed by atoms with Crippen molar-refractivity contribution < 1.29 is 30.0 Å². The van der Waals surface area contributed by atoms with Crippen LogP contribution in [0.5, 0.6) is 0 Å². The molecule has 56 heavy (non-hydrogen) atoms. The minimum absolute atomic E-state index is 0.0274. The summed E-state index contributed by atoms with van der Waals surface area (Å²) in [5.41, 5.74) is 19.1. The van der Waals surface area contributed by atoms with E-state index in [1.54, 1.807) is 0 Å². The third-order valence-electron chi connectivity index (χ3n) is 9.57. The Balaban J connectivity index is 1.41. The second kappa shape index (κ2) is 24.5. The van der Waals surface area contributed by atoms with Crippen LogP contribution in [0.2, 0.25) is 5.15 Å². The second-order valence-corrected chi connectivity index (χ2v) is 14.6. The summed E-state index contributed by atoms with van der Waals surface area (Å²) in [6.07, 6.45) is 5.40. The fourth-order valence-corrected chi connectivity index (χ4v) is 6.50. The van der Waals surface area contributed by atoms with Gasteiger partial charge in [0, 0.05) is 19.5 Å². The third-order valence-corrected chi connectivity index (χ3v) is 9.85. The molecule has 2 aromatic carbocycles. The zero-order valence-electron chi connectivity index (χ0n) is 32.4. The monoisotopic (exact) mass is 800 g/mol. The highest BCUT2D eigenvalue weighted by Crippen LogP contribution is 2.21. The van der Waals surface area contributed by atoms with E-state index in [-0.39, 0.29) is 34.9 Å². The van der Waals surface area contributed by atoms with E-state index in [0.717, 1.165) is 74.2 Å². The van der Waals surface area contributed by atoms with Gasteiger partial charge in [-0.05, 0) is 86.5 Å². The van der Waals surface area contributed by atoms with E-state index in [9.17, 15) is 24.9 Å². The molecule has 0 aliphatic heterocycles. The molecule has 3 aromatic rings. The van der Waals surface area contributed by atoms with Gasteiger partial charge < -0.3 is 53.2 Å². The minimum atomic E-state index is -1.28. The predicted octanol–water partition coefficient (Wildman–Crippen LogP) is 1.84. The number of hydrogen-bond acceptors (Lipinski definition) is 13. The first-order valence-corrected chi connectivity index (χ1v) is 19.8. The maximum absolute atomic E-state index is 12.4. The lowest BCUT2D eigenvalue weighted by molar-refractivity contribution is -0.120. The maximum atomic E-state index is 12.4. The number of aromatic nitrogens is 2. The van der Waals surface area contributed by atoms with Gasteiger partial charge >= 0.3 is 0 Å². The van der Waals surface area contributed by atoms with Crippen LogP contribution in [-0.4, -0.2) is 117 Å². The van der Waals surface area contributed by atoms with E-state index in [2.05, 4.69) is 74.1 Å². The summed E-state index contributed by atoms with van der Waals surface area (Å²) in [5, 5.41) is 57.9. The van der Waals surface area contributed by atoms with Gasteiger partial charge in [-0.25, -0.2) is 9.97 Å². The van der Waals surface area contributed by atoms with E-state index < -0.39 is 42.8 Å². The van der Waals surface area contributed by atoms with Crippen LogP contribution in [0.1, 0.15) is 86.3 Å². The summed E-state index contributed by atoms with van der Waals surface area (Å²) >= 11 is 5.83. The van der Waals surface area contributed by atoms with Gasteiger partial charge in [0.15, 0.2) is 28.4 Å². The van der Waals surface area contributed by atoms with Crippen molar-refractivity contribution in [1.82, 2.24) is 30.8 Å². The van der Waals surface area contributed by atoms with Crippen molar-refractivity contribution in [1.29, 1.82) is 5.41 Å². The van der Waals surface area contributed by atoms with Gasteiger partial charge in [-0.2, -0.15) is 0 Å². The summed E-state index contributed by atoms with van der Waals surface area (Å²) in [5.74, 6) is -1.57. The molecule has 0 saturated carbocycles. The van der Waals surface area contributed by atoms with E-state index in [1.165, 1.54) is 5.56 Å². The molecule has 1 heterocycles. The van der Waals surface area contributed by atoms with Crippen molar-refractivity contribution in [2.45, 2.75) is 102 Å². The molecular weight excluding hydrogens is 740 g/mol. The molecular formula is C39H61ClN10O6. The number of fused-ring (bicyclic) bond motifs is 1. The molecule has 0 unspecified atom stereocenters. The first-order chi connectivity index (χ1) is 26.8. The molecule has 0 spiro atoms.